The van der Waals surface area contributed by atoms with Crippen molar-refractivity contribution in [2.45, 2.75) is 39.0 Å². The third-order valence-electron chi connectivity index (χ3n) is 3.33. The molecule has 0 aliphatic heterocycles. The van der Waals surface area contributed by atoms with Gasteiger partial charge in [0, 0.05) is 6.42 Å². The molecular weight excluding hydrogens is 256 g/mol. The molecule has 1 atom stereocenters. The van der Waals surface area contributed by atoms with Crippen LogP contribution in [0.15, 0.2) is 17.5 Å². The second-order valence-corrected chi connectivity index (χ2v) is 5.80. The Bertz CT molecular complexity index is 458. The first-order valence-corrected chi connectivity index (χ1v) is 7.86. The smallest absolute Gasteiger partial charge is 0.191 e. The summed E-state index contributed by atoms with van der Waals surface area (Å²) in [5.41, 5.74) is 5.66. The van der Waals surface area contributed by atoms with Crippen LogP contribution < -0.4 is 5.73 Å². The van der Waals surface area contributed by atoms with Gasteiger partial charge in [-0.25, -0.2) is 4.98 Å². The zero-order valence-electron chi connectivity index (χ0n) is 11.4. The maximum absolute atomic E-state index is 5.66. The van der Waals surface area contributed by atoms with Gasteiger partial charge in [-0.1, -0.05) is 25.8 Å². The van der Waals surface area contributed by atoms with Crippen molar-refractivity contribution in [1.82, 2.24) is 15.2 Å². The van der Waals surface area contributed by atoms with E-state index in [1.54, 1.807) is 11.3 Å². The highest BCUT2D eigenvalue weighted by molar-refractivity contribution is 7.13. The summed E-state index contributed by atoms with van der Waals surface area (Å²) in [6, 6.07) is 4.07. The standard InChI is InChI=1S/C14H22N4S/c1-2-4-11(8-9-15)6-7-13-16-14(18-17-13)12-5-3-10-19-12/h3,5,10-11H,2,4,6-9,15H2,1H3,(H,16,17,18). The highest BCUT2D eigenvalue weighted by Crippen LogP contribution is 2.21. The number of aryl methyl sites for hydroxylation is 1. The Morgan fingerprint density at radius 2 is 2.26 bits per heavy atom. The Kier molecular flexibility index (Phi) is 5.54. The predicted octanol–water partition coefficient (Wildman–Crippen LogP) is 3.23. The first-order chi connectivity index (χ1) is 9.33. The molecule has 1 unspecified atom stereocenters. The third-order valence-corrected chi connectivity index (χ3v) is 4.20. The fourth-order valence-corrected chi connectivity index (χ4v) is 3.00. The van der Waals surface area contributed by atoms with E-state index in [9.17, 15) is 0 Å². The molecule has 0 amide bonds. The average molecular weight is 278 g/mol. The molecule has 19 heavy (non-hydrogen) atoms. The van der Waals surface area contributed by atoms with Crippen molar-refractivity contribution in [2.75, 3.05) is 6.54 Å². The predicted molar refractivity (Wildman–Crippen MR) is 80.1 cm³/mol. The molecule has 104 valence electrons. The van der Waals surface area contributed by atoms with E-state index in [1.807, 2.05) is 17.5 Å². The van der Waals surface area contributed by atoms with Crippen LogP contribution in [0.2, 0.25) is 0 Å². The normalized spacial score (nSPS) is 12.7. The molecular formula is C14H22N4S. The van der Waals surface area contributed by atoms with Crippen LogP contribution in [0, 0.1) is 5.92 Å². The Labute approximate surface area is 118 Å². The van der Waals surface area contributed by atoms with Gasteiger partial charge in [-0.2, -0.15) is 5.10 Å². The van der Waals surface area contributed by atoms with E-state index in [2.05, 4.69) is 22.1 Å². The molecule has 0 saturated heterocycles. The van der Waals surface area contributed by atoms with Crippen LogP contribution in [0.5, 0.6) is 0 Å². The maximum atomic E-state index is 5.66. The number of H-pyrrole nitrogens is 1. The average Bonchev–Trinajstić information content (AvgIpc) is 3.07. The molecule has 0 aromatic carbocycles. The lowest BCUT2D eigenvalue weighted by atomic mass is 9.94. The molecule has 0 spiro atoms. The van der Waals surface area contributed by atoms with Gasteiger partial charge in [-0.15, -0.1) is 11.3 Å². The van der Waals surface area contributed by atoms with Gasteiger partial charge in [-0.05, 0) is 36.8 Å². The van der Waals surface area contributed by atoms with E-state index >= 15 is 0 Å². The summed E-state index contributed by atoms with van der Waals surface area (Å²) in [5, 5.41) is 9.37. The molecule has 2 aromatic rings. The second-order valence-electron chi connectivity index (χ2n) is 4.85. The Morgan fingerprint density at radius 3 is 2.95 bits per heavy atom. The molecule has 3 N–H and O–H groups in total. The largest absolute Gasteiger partial charge is 0.330 e. The first kappa shape index (κ1) is 14.2. The fraction of sp³-hybridized carbons (Fsp3) is 0.571. The Hall–Kier alpha value is -1.20. The molecule has 0 radical (unpaired) electrons. The van der Waals surface area contributed by atoms with E-state index in [0.717, 1.165) is 42.3 Å². The lowest BCUT2D eigenvalue weighted by molar-refractivity contribution is 0.418. The van der Waals surface area contributed by atoms with Crippen molar-refractivity contribution in [3.05, 3.63) is 23.3 Å². The minimum atomic E-state index is 0.713. The van der Waals surface area contributed by atoms with Gasteiger partial charge < -0.3 is 5.73 Å². The maximum Gasteiger partial charge on any atom is 0.191 e. The quantitative estimate of drug-likeness (QED) is 0.779. The van der Waals surface area contributed by atoms with E-state index in [0.29, 0.717) is 5.92 Å². The summed E-state index contributed by atoms with van der Waals surface area (Å²) < 4.78 is 0. The van der Waals surface area contributed by atoms with E-state index in [1.165, 1.54) is 12.8 Å². The summed E-state index contributed by atoms with van der Waals surface area (Å²) in [6.45, 7) is 3.01. The number of hydrogen-bond donors (Lipinski definition) is 2. The number of aromatic nitrogens is 3. The second kappa shape index (κ2) is 7.40. The van der Waals surface area contributed by atoms with E-state index in [-0.39, 0.29) is 0 Å². The monoisotopic (exact) mass is 278 g/mol. The van der Waals surface area contributed by atoms with Crippen LogP contribution in [0.3, 0.4) is 0 Å². The van der Waals surface area contributed by atoms with Gasteiger partial charge >= 0.3 is 0 Å². The number of nitrogens with one attached hydrogen (secondary N) is 1. The SMILES string of the molecule is CCCC(CCN)CCc1nc(-c2cccs2)n[nH]1. The van der Waals surface area contributed by atoms with E-state index in [4.69, 9.17) is 5.73 Å². The first-order valence-electron chi connectivity index (χ1n) is 6.98. The lowest BCUT2D eigenvalue weighted by Gasteiger charge is -2.13. The lowest BCUT2D eigenvalue weighted by Crippen LogP contribution is -2.10. The van der Waals surface area contributed by atoms with Crippen molar-refractivity contribution < 1.29 is 0 Å². The number of nitrogens with two attached hydrogens (primary N) is 1. The van der Waals surface area contributed by atoms with Gasteiger partial charge in [-0.3, -0.25) is 5.10 Å². The number of rotatable bonds is 8. The summed E-state index contributed by atoms with van der Waals surface area (Å²) in [7, 11) is 0. The summed E-state index contributed by atoms with van der Waals surface area (Å²) in [5.74, 6) is 2.52. The van der Waals surface area contributed by atoms with Crippen molar-refractivity contribution in [3.8, 4) is 10.7 Å². The van der Waals surface area contributed by atoms with Crippen LogP contribution in [-0.2, 0) is 6.42 Å². The van der Waals surface area contributed by atoms with Crippen LogP contribution >= 0.6 is 11.3 Å². The van der Waals surface area contributed by atoms with Crippen molar-refractivity contribution in [1.29, 1.82) is 0 Å². The molecule has 5 heteroatoms. The fourth-order valence-electron chi connectivity index (χ4n) is 2.34. The van der Waals surface area contributed by atoms with Gasteiger partial charge in [0.05, 0.1) is 4.88 Å². The number of aromatic amines is 1. The van der Waals surface area contributed by atoms with Gasteiger partial charge in [0.2, 0.25) is 0 Å². The highest BCUT2D eigenvalue weighted by atomic mass is 32.1. The van der Waals surface area contributed by atoms with Crippen molar-refractivity contribution in [3.63, 3.8) is 0 Å². The number of hydrogen-bond acceptors (Lipinski definition) is 4. The molecule has 0 fully saturated rings. The summed E-state index contributed by atoms with van der Waals surface area (Å²) in [6.07, 6.45) is 5.69. The van der Waals surface area contributed by atoms with Gasteiger partial charge in [0.1, 0.15) is 5.82 Å². The minimum absolute atomic E-state index is 0.713. The molecule has 0 aliphatic rings. The van der Waals surface area contributed by atoms with Gasteiger partial charge in [0.25, 0.3) is 0 Å². The molecule has 2 heterocycles. The summed E-state index contributed by atoms with van der Waals surface area (Å²) >= 11 is 1.67. The number of nitrogens with zero attached hydrogens (tertiary/aromatic N) is 2. The molecule has 4 nitrogen and oxygen atoms in total. The van der Waals surface area contributed by atoms with Crippen LogP contribution in [0.1, 0.15) is 38.4 Å². The van der Waals surface area contributed by atoms with Crippen LogP contribution in [0.25, 0.3) is 10.7 Å². The minimum Gasteiger partial charge on any atom is -0.330 e. The Balaban J connectivity index is 1.89. The summed E-state index contributed by atoms with van der Waals surface area (Å²) in [4.78, 5) is 5.68. The van der Waals surface area contributed by atoms with Crippen molar-refractivity contribution >= 4 is 11.3 Å². The van der Waals surface area contributed by atoms with Crippen LogP contribution in [0.4, 0.5) is 0 Å². The van der Waals surface area contributed by atoms with Crippen LogP contribution in [-0.4, -0.2) is 21.7 Å². The zero-order valence-corrected chi connectivity index (χ0v) is 12.2. The number of thiophene rings is 1. The topological polar surface area (TPSA) is 67.6 Å². The van der Waals surface area contributed by atoms with Crippen molar-refractivity contribution in [2.24, 2.45) is 11.7 Å². The molecule has 2 aromatic heterocycles. The molecule has 0 aliphatic carbocycles. The third kappa shape index (κ3) is 4.14. The zero-order chi connectivity index (χ0) is 13.5. The Morgan fingerprint density at radius 1 is 1.37 bits per heavy atom. The molecule has 0 bridgehead atoms. The molecule has 2 rings (SSSR count). The molecule has 0 saturated carbocycles. The highest BCUT2D eigenvalue weighted by Gasteiger charge is 2.10. The van der Waals surface area contributed by atoms with E-state index < -0.39 is 0 Å². The van der Waals surface area contributed by atoms with Gasteiger partial charge in [0.15, 0.2) is 5.82 Å².